The summed E-state index contributed by atoms with van der Waals surface area (Å²) in [4.78, 5) is 0. The Hall–Kier alpha value is -1.02. The van der Waals surface area contributed by atoms with Gasteiger partial charge >= 0.3 is 0 Å². The van der Waals surface area contributed by atoms with Crippen molar-refractivity contribution in [1.29, 1.82) is 0 Å². The first kappa shape index (κ1) is 9.53. The van der Waals surface area contributed by atoms with E-state index in [1.165, 1.54) is 11.1 Å². The monoisotopic (exact) mass is 191 g/mol. The van der Waals surface area contributed by atoms with Crippen LogP contribution in [0.4, 0.5) is 0 Å². The largest absolute Gasteiger partial charge is 0.493 e. The van der Waals surface area contributed by atoms with Crippen molar-refractivity contribution in [2.45, 2.75) is 32.2 Å². The molecule has 1 aromatic rings. The minimum Gasteiger partial charge on any atom is -0.493 e. The van der Waals surface area contributed by atoms with Gasteiger partial charge in [0.05, 0.1) is 6.61 Å². The summed E-state index contributed by atoms with van der Waals surface area (Å²) in [5.41, 5.74) is 8.62. The molecule has 1 aliphatic rings. The summed E-state index contributed by atoms with van der Waals surface area (Å²) < 4.78 is 5.45. The smallest absolute Gasteiger partial charge is 0.122 e. The van der Waals surface area contributed by atoms with Gasteiger partial charge in [-0.2, -0.15) is 0 Å². The highest BCUT2D eigenvalue weighted by Gasteiger charge is 2.14. The third-order valence-electron chi connectivity index (χ3n) is 2.74. The molecule has 1 atom stereocenters. The van der Waals surface area contributed by atoms with Gasteiger partial charge in [-0.15, -0.1) is 0 Å². The lowest BCUT2D eigenvalue weighted by molar-refractivity contribution is 0.357. The van der Waals surface area contributed by atoms with Crippen molar-refractivity contribution in [3.05, 3.63) is 29.3 Å². The molecule has 0 saturated heterocycles. The van der Waals surface area contributed by atoms with Gasteiger partial charge in [-0.05, 0) is 23.6 Å². The zero-order valence-electron chi connectivity index (χ0n) is 8.62. The van der Waals surface area contributed by atoms with Gasteiger partial charge in [0.15, 0.2) is 0 Å². The second kappa shape index (κ2) is 4.01. The molecule has 0 unspecified atom stereocenters. The predicted octanol–water partition coefficient (Wildman–Crippen LogP) is 2.42. The van der Waals surface area contributed by atoms with Gasteiger partial charge in [-0.3, -0.25) is 0 Å². The fourth-order valence-electron chi connectivity index (χ4n) is 1.91. The minimum absolute atomic E-state index is 0.186. The fraction of sp³-hybridized carbons (Fsp3) is 0.500. The van der Waals surface area contributed by atoms with Crippen molar-refractivity contribution in [1.82, 2.24) is 0 Å². The van der Waals surface area contributed by atoms with E-state index < -0.39 is 0 Å². The molecule has 0 spiro atoms. The van der Waals surface area contributed by atoms with E-state index in [0.29, 0.717) is 0 Å². The van der Waals surface area contributed by atoms with E-state index in [-0.39, 0.29) is 6.04 Å². The second-order valence-corrected chi connectivity index (χ2v) is 3.86. The third kappa shape index (κ3) is 1.75. The van der Waals surface area contributed by atoms with E-state index in [4.69, 9.17) is 10.5 Å². The summed E-state index contributed by atoms with van der Waals surface area (Å²) in [6.45, 7) is 2.98. The Morgan fingerprint density at radius 3 is 3.14 bits per heavy atom. The van der Waals surface area contributed by atoms with Gasteiger partial charge in [0, 0.05) is 12.5 Å². The summed E-state index contributed by atoms with van der Waals surface area (Å²) in [6, 6.07) is 6.52. The van der Waals surface area contributed by atoms with Crippen LogP contribution in [0.5, 0.6) is 5.75 Å². The van der Waals surface area contributed by atoms with E-state index in [2.05, 4.69) is 19.1 Å². The maximum atomic E-state index is 6.06. The minimum atomic E-state index is 0.186. The molecule has 0 aliphatic carbocycles. The van der Waals surface area contributed by atoms with Crippen molar-refractivity contribution in [2.75, 3.05) is 6.61 Å². The highest BCUT2D eigenvalue weighted by Crippen LogP contribution is 2.28. The molecule has 76 valence electrons. The van der Waals surface area contributed by atoms with Crippen LogP contribution in [0.15, 0.2) is 18.2 Å². The first-order valence-corrected chi connectivity index (χ1v) is 5.32. The average Bonchev–Trinajstić information content (AvgIpc) is 2.64. The van der Waals surface area contributed by atoms with E-state index in [9.17, 15) is 0 Å². The molecule has 2 nitrogen and oxygen atoms in total. The molecule has 2 N–H and O–H groups in total. The maximum Gasteiger partial charge on any atom is 0.122 e. The van der Waals surface area contributed by atoms with Gasteiger partial charge in [0.25, 0.3) is 0 Å². The molecule has 0 bridgehead atoms. The number of rotatable bonds is 3. The number of nitrogens with two attached hydrogens (primary N) is 1. The van der Waals surface area contributed by atoms with Gasteiger partial charge in [0.2, 0.25) is 0 Å². The highest BCUT2D eigenvalue weighted by molar-refractivity contribution is 5.40. The summed E-state index contributed by atoms with van der Waals surface area (Å²) in [7, 11) is 0. The second-order valence-electron chi connectivity index (χ2n) is 3.86. The lowest BCUT2D eigenvalue weighted by Crippen LogP contribution is -2.09. The summed E-state index contributed by atoms with van der Waals surface area (Å²) >= 11 is 0. The Morgan fingerprint density at radius 2 is 2.36 bits per heavy atom. The lowest BCUT2D eigenvalue weighted by Gasteiger charge is -2.11. The third-order valence-corrected chi connectivity index (χ3v) is 2.74. The van der Waals surface area contributed by atoms with Crippen LogP contribution < -0.4 is 10.5 Å². The number of fused-ring (bicyclic) bond motifs is 1. The normalized spacial score (nSPS) is 16.1. The Bertz CT molecular complexity index is 322. The first-order chi connectivity index (χ1) is 6.81. The van der Waals surface area contributed by atoms with Crippen molar-refractivity contribution < 1.29 is 4.74 Å². The molecule has 0 fully saturated rings. The van der Waals surface area contributed by atoms with Crippen molar-refractivity contribution in [3.8, 4) is 5.75 Å². The lowest BCUT2D eigenvalue weighted by atomic mass is 10.0. The molecule has 1 aromatic carbocycles. The number of hydrogen-bond donors (Lipinski definition) is 1. The highest BCUT2D eigenvalue weighted by atomic mass is 16.5. The van der Waals surface area contributed by atoms with Gasteiger partial charge in [0.1, 0.15) is 5.75 Å². The van der Waals surface area contributed by atoms with Crippen LogP contribution in [-0.4, -0.2) is 6.61 Å². The number of ether oxygens (including phenoxy) is 1. The molecule has 1 heterocycles. The van der Waals surface area contributed by atoms with Crippen LogP contribution in [0.2, 0.25) is 0 Å². The Labute approximate surface area is 85.1 Å². The summed E-state index contributed by atoms with van der Waals surface area (Å²) in [5.74, 6) is 1.04. The predicted molar refractivity (Wildman–Crippen MR) is 57.5 cm³/mol. The van der Waals surface area contributed by atoms with Crippen LogP contribution in [0.1, 0.15) is 36.9 Å². The molecular weight excluding hydrogens is 174 g/mol. The van der Waals surface area contributed by atoms with Crippen LogP contribution in [0.3, 0.4) is 0 Å². The molecule has 0 aromatic heterocycles. The fourth-order valence-corrected chi connectivity index (χ4v) is 1.91. The quantitative estimate of drug-likeness (QED) is 0.796. The number of hydrogen-bond acceptors (Lipinski definition) is 2. The van der Waals surface area contributed by atoms with E-state index >= 15 is 0 Å². The maximum absolute atomic E-state index is 6.06. The van der Waals surface area contributed by atoms with Crippen LogP contribution in [0, 0.1) is 0 Å². The van der Waals surface area contributed by atoms with Gasteiger partial charge in [-0.1, -0.05) is 25.5 Å². The van der Waals surface area contributed by atoms with Crippen LogP contribution in [0.25, 0.3) is 0 Å². The molecule has 0 amide bonds. The summed E-state index contributed by atoms with van der Waals surface area (Å²) in [5, 5.41) is 0. The van der Waals surface area contributed by atoms with Crippen molar-refractivity contribution in [3.63, 3.8) is 0 Å². The van der Waals surface area contributed by atoms with Gasteiger partial charge in [-0.25, -0.2) is 0 Å². The molecule has 2 heteroatoms. The van der Waals surface area contributed by atoms with Crippen LogP contribution in [-0.2, 0) is 6.42 Å². The molecule has 1 aliphatic heterocycles. The van der Waals surface area contributed by atoms with E-state index in [0.717, 1.165) is 31.6 Å². The Kier molecular flexibility index (Phi) is 2.73. The van der Waals surface area contributed by atoms with Gasteiger partial charge < -0.3 is 10.5 Å². The molecular formula is C12H17NO. The van der Waals surface area contributed by atoms with Crippen LogP contribution >= 0.6 is 0 Å². The SMILES string of the molecule is CCC[C@H](N)c1ccc2c(c1)CCO2. The molecule has 0 saturated carbocycles. The average molecular weight is 191 g/mol. The zero-order valence-corrected chi connectivity index (χ0v) is 8.62. The molecule has 2 rings (SSSR count). The van der Waals surface area contributed by atoms with Crippen molar-refractivity contribution >= 4 is 0 Å². The summed E-state index contributed by atoms with van der Waals surface area (Å²) in [6.07, 6.45) is 3.22. The molecule has 14 heavy (non-hydrogen) atoms. The standard InChI is InChI=1S/C12H17NO/c1-2-3-11(13)9-4-5-12-10(8-9)6-7-14-12/h4-5,8,11H,2-3,6-7,13H2,1H3/t11-/m0/s1. The first-order valence-electron chi connectivity index (χ1n) is 5.32. The molecule has 0 radical (unpaired) electrons. The van der Waals surface area contributed by atoms with E-state index in [1.54, 1.807) is 0 Å². The van der Waals surface area contributed by atoms with E-state index in [1.807, 2.05) is 6.07 Å². The zero-order chi connectivity index (χ0) is 9.97. The van der Waals surface area contributed by atoms with Crippen molar-refractivity contribution in [2.24, 2.45) is 5.73 Å². The topological polar surface area (TPSA) is 35.2 Å². The Balaban J connectivity index is 2.19. The Morgan fingerprint density at radius 1 is 1.50 bits per heavy atom. The number of benzene rings is 1.